The summed E-state index contributed by atoms with van der Waals surface area (Å²) in [6.45, 7) is 11.2. The fourth-order valence-electron chi connectivity index (χ4n) is 9.55. The number of benzene rings is 5. The van der Waals surface area contributed by atoms with E-state index in [0.29, 0.717) is 107 Å². The van der Waals surface area contributed by atoms with Gasteiger partial charge in [0.05, 0.1) is 25.5 Å². The molecule has 0 bridgehead atoms. The van der Waals surface area contributed by atoms with Crippen molar-refractivity contribution in [3.05, 3.63) is 153 Å². The normalized spacial score (nSPS) is 14.2. The lowest BCUT2D eigenvalue weighted by atomic mass is 9.95. The number of unbranched alkanes of at least 4 members (excludes halogenated alkanes) is 2. The van der Waals surface area contributed by atoms with E-state index in [4.69, 9.17) is 23.2 Å². The summed E-state index contributed by atoms with van der Waals surface area (Å²) in [5.41, 5.74) is 7.39. The Morgan fingerprint density at radius 1 is 0.600 bits per heavy atom. The molecule has 5 aromatic carbocycles. The van der Waals surface area contributed by atoms with Gasteiger partial charge in [-0.05, 0) is 140 Å². The number of aryl methyl sites for hydroxylation is 3. The van der Waals surface area contributed by atoms with E-state index in [2.05, 4.69) is 33.2 Å². The lowest BCUT2D eigenvalue weighted by Crippen LogP contribution is -2.49. The lowest BCUT2D eigenvalue weighted by molar-refractivity contribution is 0.0738. The van der Waals surface area contributed by atoms with Crippen LogP contribution in [0.25, 0.3) is 11.1 Å². The number of anilines is 5. The van der Waals surface area contributed by atoms with E-state index in [1.54, 1.807) is 78.4 Å². The number of amides is 2. The van der Waals surface area contributed by atoms with Crippen molar-refractivity contribution in [2.45, 2.75) is 76.0 Å². The number of rotatable bonds is 18. The molecule has 18 heteroatoms. The minimum absolute atomic E-state index is 0.0129. The predicted molar refractivity (Wildman–Crippen MR) is 304 cm³/mol. The highest BCUT2D eigenvalue weighted by atomic mass is 35.5. The quantitative estimate of drug-likeness (QED) is 0.0850. The highest BCUT2D eigenvalue weighted by Gasteiger charge is 2.30. The van der Waals surface area contributed by atoms with E-state index in [-0.39, 0.29) is 27.2 Å². The number of piperazine rings is 2. The monoisotopic (exact) mass is 1090 g/mol. The van der Waals surface area contributed by atoms with Gasteiger partial charge in [-0.1, -0.05) is 80.2 Å². The van der Waals surface area contributed by atoms with E-state index in [9.17, 15) is 26.4 Å². The molecule has 0 atom stereocenters. The van der Waals surface area contributed by atoms with Gasteiger partial charge in [-0.2, -0.15) is 0 Å². The number of aromatic nitrogens is 1. The Bertz CT molecular complexity index is 3250. The molecule has 75 heavy (non-hydrogen) atoms. The summed E-state index contributed by atoms with van der Waals surface area (Å²) < 4.78 is 61.2. The molecule has 0 aliphatic carbocycles. The van der Waals surface area contributed by atoms with Crippen LogP contribution in [0.4, 0.5) is 28.6 Å². The van der Waals surface area contributed by atoms with Crippen LogP contribution in [0.1, 0.15) is 82.5 Å². The van der Waals surface area contributed by atoms with Crippen molar-refractivity contribution in [3.63, 3.8) is 0 Å². The van der Waals surface area contributed by atoms with Crippen LogP contribution in [0, 0.1) is 13.8 Å². The van der Waals surface area contributed by atoms with Crippen LogP contribution in [0.5, 0.6) is 0 Å². The highest BCUT2D eigenvalue weighted by Crippen LogP contribution is 2.41. The maximum atomic E-state index is 14.7. The number of pyridine rings is 1. The van der Waals surface area contributed by atoms with Gasteiger partial charge in [0.1, 0.15) is 5.82 Å². The van der Waals surface area contributed by atoms with Gasteiger partial charge < -0.3 is 24.5 Å². The van der Waals surface area contributed by atoms with Crippen LogP contribution in [0.3, 0.4) is 0 Å². The number of hydrogen-bond donors (Lipinski definition) is 2. The topological polar surface area (TPSA) is 156 Å². The summed E-state index contributed by atoms with van der Waals surface area (Å²) >= 11 is 14.3. The van der Waals surface area contributed by atoms with E-state index < -0.39 is 20.0 Å². The molecule has 396 valence electrons. The first kappa shape index (κ1) is 54.9. The average molecular weight is 1090 g/mol. The van der Waals surface area contributed by atoms with Crippen LogP contribution in [0.2, 0.25) is 10.0 Å². The zero-order chi connectivity index (χ0) is 53.6. The Labute approximate surface area is 452 Å². The standard InChI is InChI=1S/C57H66Cl2N8O6S2/c1-7-9-11-41-14-18-44(19-15-41)61-74(70,71)47-22-13-39(3)49(36-47)56(68)66-31-27-65(28-32-66)55-52(58)33-43(34-53(55)59)50-37-48(75(72,73)62-45-20-16-42(17-21-45)12-10-8-2)38-51(40(50)4)57(69)67-29-25-64(26-30-67)46-23-24-60-54(35-46)63(5)6/h13-24,33-38,61-62H,7-12,25-32H2,1-6H3. The number of nitrogens with one attached hydrogen (secondary N) is 2. The minimum atomic E-state index is -4.22. The average Bonchev–Trinajstić information content (AvgIpc) is 3.40. The van der Waals surface area contributed by atoms with Crippen molar-refractivity contribution < 1.29 is 26.4 Å². The molecule has 2 N–H and O–H groups in total. The molecule has 14 nitrogen and oxygen atoms in total. The maximum Gasteiger partial charge on any atom is 0.261 e. The fourth-order valence-corrected chi connectivity index (χ4v) is 12.5. The van der Waals surface area contributed by atoms with E-state index in [1.165, 1.54) is 18.2 Å². The van der Waals surface area contributed by atoms with Crippen LogP contribution in [-0.4, -0.2) is 110 Å². The second kappa shape index (κ2) is 23.7. The second-order valence-corrected chi connectivity index (χ2v) is 23.7. The Balaban J connectivity index is 1.02. The van der Waals surface area contributed by atoms with E-state index in [1.807, 2.05) is 60.3 Å². The molecule has 3 heterocycles. The number of carbonyl (C=O) groups is 2. The van der Waals surface area contributed by atoms with E-state index in [0.717, 1.165) is 61.2 Å². The molecule has 0 unspecified atom stereocenters. The van der Waals surface area contributed by atoms with Gasteiger partial charge in [-0.3, -0.25) is 19.0 Å². The largest absolute Gasteiger partial charge is 0.368 e. The zero-order valence-electron chi connectivity index (χ0n) is 43.5. The second-order valence-electron chi connectivity index (χ2n) is 19.5. The first-order valence-electron chi connectivity index (χ1n) is 25.6. The van der Waals surface area contributed by atoms with Crippen molar-refractivity contribution in [2.75, 3.05) is 90.6 Å². The molecular formula is C57H66Cl2N8O6S2. The number of halogens is 2. The van der Waals surface area contributed by atoms with Crippen molar-refractivity contribution in [1.82, 2.24) is 14.8 Å². The Hall–Kier alpha value is -6.33. The predicted octanol–water partition coefficient (Wildman–Crippen LogP) is 10.9. The van der Waals surface area contributed by atoms with Gasteiger partial charge in [0.2, 0.25) is 0 Å². The molecule has 0 radical (unpaired) electrons. The number of sulfonamides is 2. The van der Waals surface area contributed by atoms with Gasteiger partial charge in [-0.25, -0.2) is 21.8 Å². The van der Waals surface area contributed by atoms with Crippen LogP contribution < -0.4 is 24.1 Å². The van der Waals surface area contributed by atoms with Crippen molar-refractivity contribution in [2.24, 2.45) is 0 Å². The summed E-state index contributed by atoms with van der Waals surface area (Å²) in [7, 11) is -4.34. The van der Waals surface area contributed by atoms with Gasteiger partial charge in [-0.15, -0.1) is 0 Å². The molecule has 2 aliphatic rings. The van der Waals surface area contributed by atoms with Crippen LogP contribution in [-0.2, 0) is 32.9 Å². The van der Waals surface area contributed by atoms with Gasteiger partial charge in [0.15, 0.2) is 0 Å². The summed E-state index contributed by atoms with van der Waals surface area (Å²) in [5.74, 6) is 0.245. The summed E-state index contributed by atoms with van der Waals surface area (Å²) in [5, 5.41) is 0.612. The number of nitrogens with zero attached hydrogens (tertiary/aromatic N) is 6. The van der Waals surface area contributed by atoms with Gasteiger partial charge in [0.25, 0.3) is 31.9 Å². The third kappa shape index (κ3) is 12.9. The van der Waals surface area contributed by atoms with Gasteiger partial charge in [0, 0.05) is 107 Å². The zero-order valence-corrected chi connectivity index (χ0v) is 46.6. The summed E-state index contributed by atoms with van der Waals surface area (Å²) in [6.07, 6.45) is 7.78. The molecule has 6 aromatic rings. The SMILES string of the molecule is CCCCc1ccc(NS(=O)(=O)c2ccc(C)c(C(=O)N3CCN(c4c(Cl)cc(-c5cc(S(=O)(=O)Nc6ccc(CCCC)cc6)cc(C(=O)N6CCN(c7ccnc(N(C)C)c7)CC6)c5C)cc4Cl)CC3)c2)cc1. The molecule has 1 aromatic heterocycles. The molecule has 2 aliphatic heterocycles. The number of carbonyl (C=O) groups excluding carboxylic acids is 2. The third-order valence-corrected chi connectivity index (χ3v) is 17.4. The Morgan fingerprint density at radius 3 is 1.61 bits per heavy atom. The van der Waals surface area contributed by atoms with Crippen LogP contribution >= 0.6 is 23.2 Å². The minimum Gasteiger partial charge on any atom is -0.368 e. The van der Waals surface area contributed by atoms with Crippen molar-refractivity contribution in [3.8, 4) is 11.1 Å². The molecule has 2 amide bonds. The first-order valence-corrected chi connectivity index (χ1v) is 29.3. The maximum absolute atomic E-state index is 14.7. The Morgan fingerprint density at radius 2 is 1.09 bits per heavy atom. The molecule has 0 saturated carbocycles. The third-order valence-electron chi connectivity index (χ3n) is 14.1. The molecule has 2 fully saturated rings. The molecule has 8 rings (SSSR count). The van der Waals surface area contributed by atoms with Crippen LogP contribution in [0.15, 0.2) is 119 Å². The summed E-state index contributed by atoms with van der Waals surface area (Å²) in [6, 6.07) is 29.7. The molecule has 2 saturated heterocycles. The van der Waals surface area contributed by atoms with E-state index >= 15 is 0 Å². The summed E-state index contributed by atoms with van der Waals surface area (Å²) in [4.78, 5) is 42.7. The smallest absolute Gasteiger partial charge is 0.261 e. The van der Waals surface area contributed by atoms with Crippen molar-refractivity contribution >= 4 is 83.6 Å². The first-order chi connectivity index (χ1) is 35.8. The van der Waals surface area contributed by atoms with Crippen molar-refractivity contribution in [1.29, 1.82) is 0 Å². The lowest BCUT2D eigenvalue weighted by Gasteiger charge is -2.37. The molecule has 0 spiro atoms. The molecular weight excluding hydrogens is 1030 g/mol. The van der Waals surface area contributed by atoms with Gasteiger partial charge >= 0.3 is 0 Å². The Kier molecular flexibility index (Phi) is 17.3. The fraction of sp³-hybridized carbons (Fsp3) is 0.351. The number of hydrogen-bond acceptors (Lipinski definition) is 10. The highest BCUT2D eigenvalue weighted by molar-refractivity contribution is 7.93.